The number of aromatic amines is 1. The van der Waals surface area contributed by atoms with Crippen LogP contribution in [0.3, 0.4) is 0 Å². The number of aromatic nitrogens is 7. The summed E-state index contributed by atoms with van der Waals surface area (Å²) < 4.78 is 54.9. The molecule has 5 N–H and O–H groups in total. The first-order valence-corrected chi connectivity index (χ1v) is 46.6. The number of ether oxygens (including phenoxy) is 8. The number of para-hydroxylation sites is 1. The number of nitrogens with zero attached hydrogens (tertiary/aromatic N) is 8. The smallest absolute Gasteiger partial charge is 0.410 e. The number of nitrogens with one attached hydrogen (secondary N) is 2. The first kappa shape index (κ1) is 115. The number of esters is 2. The number of piperidine rings is 2. The second-order valence-corrected chi connectivity index (χ2v) is 36.1. The second kappa shape index (κ2) is 61.0. The fourth-order valence-corrected chi connectivity index (χ4v) is 13.5. The van der Waals surface area contributed by atoms with Gasteiger partial charge in [0.15, 0.2) is 34.6 Å². The van der Waals surface area contributed by atoms with Crippen molar-refractivity contribution in [3.05, 3.63) is 275 Å². The number of aromatic hydroxyl groups is 2. The van der Waals surface area contributed by atoms with Gasteiger partial charge in [-0.25, -0.2) is 38.3 Å². The number of hydrogen-bond donors (Lipinski definition) is 5. The molecule has 2 aliphatic rings. The molecule has 4 unspecified atom stereocenters. The number of carbonyl (C=O) groups excluding carboxylic acids is 4. The number of carbonyl (C=O) groups is 5. The lowest BCUT2D eigenvalue weighted by molar-refractivity contribution is -0.148. The molecular formula is C109H151FN10O16. The summed E-state index contributed by atoms with van der Waals surface area (Å²) in [6.45, 7) is 43.6. The van der Waals surface area contributed by atoms with E-state index in [1.54, 1.807) is 59.0 Å². The summed E-state index contributed by atoms with van der Waals surface area (Å²) >= 11 is 0. The lowest BCUT2D eigenvalue weighted by atomic mass is 9.85. The van der Waals surface area contributed by atoms with Gasteiger partial charge in [0.05, 0.1) is 72.5 Å². The van der Waals surface area contributed by atoms with Crippen molar-refractivity contribution in [1.29, 1.82) is 0 Å². The number of likely N-dealkylation sites (tertiary alicyclic amines) is 2. The van der Waals surface area contributed by atoms with Gasteiger partial charge in [-0.05, 0) is 215 Å². The maximum absolute atomic E-state index is 12.7. The molecule has 0 saturated carbocycles. The van der Waals surface area contributed by atoms with Crippen LogP contribution in [0.15, 0.2) is 213 Å². The van der Waals surface area contributed by atoms with E-state index in [1.165, 1.54) is 69.4 Å². The van der Waals surface area contributed by atoms with Crippen LogP contribution < -0.4 is 24.3 Å². The second-order valence-electron chi connectivity index (χ2n) is 36.1. The van der Waals surface area contributed by atoms with Crippen LogP contribution in [0.2, 0.25) is 0 Å². The molecule has 13 rings (SSSR count). The first-order valence-electron chi connectivity index (χ1n) is 46.6. The van der Waals surface area contributed by atoms with Crippen LogP contribution in [0.1, 0.15) is 266 Å². The first-order chi connectivity index (χ1) is 64.6. The van der Waals surface area contributed by atoms with Crippen LogP contribution in [0.5, 0.6) is 34.6 Å². The van der Waals surface area contributed by atoms with Gasteiger partial charge >= 0.3 is 30.1 Å². The average molecular weight is 1880 g/mol. The number of methoxy groups -OCH3 is 6. The van der Waals surface area contributed by atoms with Crippen LogP contribution in [0, 0.1) is 29.5 Å². The summed E-state index contributed by atoms with van der Waals surface area (Å²) in [5.41, 5.74) is 12.6. The molecule has 7 heterocycles. The summed E-state index contributed by atoms with van der Waals surface area (Å²) in [5.74, 6) is 5.42. The van der Waals surface area contributed by atoms with E-state index in [0.717, 1.165) is 57.8 Å². The number of H-pyrrole nitrogens is 1. The number of phenolic OH excluding ortho intramolecular Hbond substituents is 2. The lowest BCUT2D eigenvalue weighted by Crippen LogP contribution is -2.52. The highest BCUT2D eigenvalue weighted by Crippen LogP contribution is 2.34. The van der Waals surface area contributed by atoms with Crippen molar-refractivity contribution in [3.63, 3.8) is 0 Å². The van der Waals surface area contributed by atoms with Crippen LogP contribution in [-0.2, 0) is 48.8 Å². The van der Waals surface area contributed by atoms with Crippen molar-refractivity contribution in [2.24, 2.45) is 30.7 Å². The number of hydrogen-bond acceptors (Lipinski definition) is 21. The Labute approximate surface area is 806 Å². The van der Waals surface area contributed by atoms with Gasteiger partial charge in [-0.3, -0.25) is 24.6 Å². The standard InChI is InChI=1S/C18H25NO4.C17H23NO4.C12H13N.C11H16O2.C10H13NO2.C10H14O2.C9H11FO.C9H14N2O.C7H12N2.C6H10N2/c1-13(2)15-9-10-16(17(20)22-3)19(11-15)18(21)23-12-14-7-5-4-6-8-14;1-12(2)14-8-9-15(16(19)20)18(10-14)17(21)22-11-13-6-4-3-5-7-13;1-9(2)11-7-10-5-3-4-6-12(10)13-8-11;1-8(2)9-5-6-10(12-3)11(7-9)13-4;1-7(2)8-4-5-9(11-6-8)10(12)13-3;1-7(2)8-4-5-9(11)10(6-8)12-3;1-6(2)7-3-4-9(11)8(10)5-7;1-7(2)11-8-4-5-9(12-3)10-6-8;1-6(2)7-4-8-9(3)5-7;1-5(2)6-3-7-8-4-6/h4-8,13,15-16H,9-12H2,1-3H3;3-7,12,14-15H,8-11H2,1-2H3,(H,19,20);3-9H,1-2H3;5-8H,1-4H3;4-7H,1-3H3;4-7,11H,1-3H3;3-6,11H,1-2H3;4-7,11H,1-3H3;4-6H,1-3H3;3-5H,1-2H3,(H,7,8). The molecule has 0 radical (unpaired) electrons. The van der Waals surface area contributed by atoms with E-state index in [-0.39, 0.29) is 30.7 Å². The van der Waals surface area contributed by atoms with Crippen molar-refractivity contribution in [3.8, 4) is 34.6 Å². The third-order valence-electron chi connectivity index (χ3n) is 22.4. The minimum atomic E-state index is -0.959. The molecule has 0 aliphatic carbocycles. The molecule has 0 bridgehead atoms. The van der Waals surface area contributed by atoms with E-state index in [9.17, 15) is 38.6 Å². The number of phenols is 2. The summed E-state index contributed by atoms with van der Waals surface area (Å²) in [6.07, 6.45) is 15.0. The molecule has 2 amide bonds. The molecule has 2 fully saturated rings. The number of halogens is 1. The monoisotopic (exact) mass is 1880 g/mol. The largest absolute Gasteiger partial charge is 0.505 e. The minimum absolute atomic E-state index is 0.162. The quantitative estimate of drug-likeness (QED) is 0.0311. The van der Waals surface area contributed by atoms with E-state index < -0.39 is 42.0 Å². The summed E-state index contributed by atoms with van der Waals surface area (Å²) in [5, 5.41) is 42.6. The molecule has 2 saturated heterocycles. The number of rotatable bonds is 22. The van der Waals surface area contributed by atoms with Crippen LogP contribution in [0.25, 0.3) is 10.9 Å². The van der Waals surface area contributed by atoms with Crippen molar-refractivity contribution in [1.82, 2.24) is 44.7 Å². The van der Waals surface area contributed by atoms with E-state index in [4.69, 9.17) is 38.3 Å². The molecule has 5 aromatic heterocycles. The summed E-state index contributed by atoms with van der Waals surface area (Å²) in [7, 11) is 11.1. The van der Waals surface area contributed by atoms with Gasteiger partial charge in [0.25, 0.3) is 0 Å². The number of anilines is 1. The third-order valence-corrected chi connectivity index (χ3v) is 22.4. The minimum Gasteiger partial charge on any atom is -0.505 e. The highest BCUT2D eigenvalue weighted by Gasteiger charge is 2.40. The number of carboxylic acid groups (broad SMARTS) is 1. The molecule has 4 atom stereocenters. The zero-order valence-corrected chi connectivity index (χ0v) is 85.1. The van der Waals surface area contributed by atoms with E-state index in [2.05, 4.69) is 183 Å². The predicted molar refractivity (Wildman–Crippen MR) is 539 cm³/mol. The van der Waals surface area contributed by atoms with Crippen LogP contribution >= 0.6 is 0 Å². The van der Waals surface area contributed by atoms with Gasteiger partial charge in [-0.1, -0.05) is 228 Å². The molecule has 11 aromatic rings. The Morgan fingerprint density at radius 3 is 1.34 bits per heavy atom. The van der Waals surface area contributed by atoms with Crippen molar-refractivity contribution in [2.45, 2.75) is 237 Å². The van der Waals surface area contributed by atoms with Crippen molar-refractivity contribution < 1.29 is 81.6 Å². The Morgan fingerprint density at radius 1 is 0.449 bits per heavy atom. The van der Waals surface area contributed by atoms with Crippen molar-refractivity contribution in [2.75, 3.05) is 61.1 Å². The number of carboxylic acids is 1. The third kappa shape index (κ3) is 41.0. The number of aliphatic carboxylic acids is 1. The Bertz CT molecular complexity index is 5250. The Hall–Kier alpha value is -13.1. The van der Waals surface area contributed by atoms with E-state index >= 15 is 0 Å². The molecule has 0 spiro atoms. The fraction of sp³-hybridized carbons (Fsp3) is 0.450. The van der Waals surface area contributed by atoms with Crippen molar-refractivity contribution >= 4 is 46.7 Å². The molecular weight excluding hydrogens is 1720 g/mol. The van der Waals surface area contributed by atoms with Gasteiger partial charge in [0, 0.05) is 62.4 Å². The lowest BCUT2D eigenvalue weighted by Gasteiger charge is -2.38. The topological polar surface area (TPSA) is 324 Å². The normalized spacial score (nSPS) is 14.0. The highest BCUT2D eigenvalue weighted by molar-refractivity contribution is 5.87. The van der Waals surface area contributed by atoms with Crippen LogP contribution in [-0.4, -0.2) is 164 Å². The average Bonchev–Trinajstić information content (AvgIpc) is 1.25. The maximum atomic E-state index is 12.7. The molecule has 136 heavy (non-hydrogen) atoms. The fourth-order valence-electron chi connectivity index (χ4n) is 13.5. The van der Waals surface area contributed by atoms with Gasteiger partial charge in [0.1, 0.15) is 31.0 Å². The number of aryl methyl sites for hydroxylation is 1. The van der Waals surface area contributed by atoms with Gasteiger partial charge in [0.2, 0.25) is 5.88 Å². The molecule has 2 aliphatic heterocycles. The predicted octanol–water partition coefficient (Wildman–Crippen LogP) is 24.7. The van der Waals surface area contributed by atoms with Gasteiger partial charge in [-0.15, -0.1) is 0 Å². The SMILES string of the molecule is CC(C)C1CCC(C(=O)O)N(C(=O)OCc2ccccc2)C1.CC(C)c1ccc(O)c(F)c1.CC(C)c1cn[nH]c1.CC(C)c1cnc2ccccc2c1.CC(C)c1cnn(C)c1.COC(=O)C1CCC(C(C)C)CN1C(=O)OCc1ccccc1.COC(=O)c1ccc(C(C)C)cn1.COc1cc(C(C)C)ccc1O.COc1ccc(C(C)C)cc1OC.COc1ccc(NC(C)C)cn1. The zero-order chi connectivity index (χ0) is 101. The molecule has 26 nitrogen and oxygen atoms in total. The Morgan fingerprint density at radius 2 is 0.926 bits per heavy atom. The molecule has 740 valence electrons. The number of amides is 2. The number of fused-ring (bicyclic) bond motifs is 1. The van der Waals surface area contributed by atoms with Gasteiger partial charge in [-0.2, -0.15) is 10.2 Å². The zero-order valence-electron chi connectivity index (χ0n) is 85.1. The van der Waals surface area contributed by atoms with Gasteiger partial charge < -0.3 is 58.5 Å². The van der Waals surface area contributed by atoms with Crippen LogP contribution in [0.4, 0.5) is 19.7 Å². The summed E-state index contributed by atoms with van der Waals surface area (Å²) in [6, 6.07) is 51.7. The number of benzene rings is 6. The van der Waals surface area contributed by atoms with E-state index in [1.807, 2.05) is 178 Å². The highest BCUT2D eigenvalue weighted by atomic mass is 19.1. The van der Waals surface area contributed by atoms with E-state index in [0.29, 0.717) is 114 Å². The molecule has 6 aromatic carbocycles. The number of pyridine rings is 3. The maximum Gasteiger partial charge on any atom is 0.410 e. The molecule has 27 heteroatoms. The Balaban J connectivity index is 0.000000321. The summed E-state index contributed by atoms with van der Waals surface area (Å²) in [4.78, 5) is 74.5. The Kier molecular flexibility index (Phi) is 51.7.